The van der Waals surface area contributed by atoms with E-state index in [-0.39, 0.29) is 17.9 Å². The third-order valence-electron chi connectivity index (χ3n) is 2.75. The highest BCUT2D eigenvalue weighted by Gasteiger charge is 2.14. The molecule has 2 N–H and O–H groups in total. The van der Waals surface area contributed by atoms with Gasteiger partial charge in [0.15, 0.2) is 0 Å². The zero-order valence-corrected chi connectivity index (χ0v) is 10.3. The van der Waals surface area contributed by atoms with Crippen molar-refractivity contribution in [2.45, 2.75) is 31.8 Å². The van der Waals surface area contributed by atoms with Crippen LogP contribution in [0.15, 0.2) is 24.3 Å². The van der Waals surface area contributed by atoms with Crippen LogP contribution in [0, 0.1) is 5.82 Å². The minimum Gasteiger partial charge on any atom is -0.328 e. The molecule has 1 rings (SSSR count). The molecule has 0 aliphatic heterocycles. The molecule has 1 aromatic carbocycles. The Morgan fingerprint density at radius 3 is 2.50 bits per heavy atom. The number of benzene rings is 1. The van der Waals surface area contributed by atoms with Crippen molar-refractivity contribution >= 4 is 0 Å². The van der Waals surface area contributed by atoms with E-state index >= 15 is 0 Å². The SMILES string of the molecule is CC(N)CCC(c1cccc(F)c1)N(C)C. The summed E-state index contributed by atoms with van der Waals surface area (Å²) in [5.74, 6) is -0.176. The van der Waals surface area contributed by atoms with Gasteiger partial charge in [0, 0.05) is 12.1 Å². The Labute approximate surface area is 97.3 Å². The minimum atomic E-state index is -0.176. The fraction of sp³-hybridized carbons (Fsp3) is 0.538. The van der Waals surface area contributed by atoms with Gasteiger partial charge in [-0.25, -0.2) is 4.39 Å². The molecule has 3 heteroatoms. The Balaban J connectivity index is 2.77. The number of rotatable bonds is 5. The highest BCUT2D eigenvalue weighted by Crippen LogP contribution is 2.24. The van der Waals surface area contributed by atoms with Gasteiger partial charge in [-0.3, -0.25) is 0 Å². The minimum absolute atomic E-state index is 0.176. The van der Waals surface area contributed by atoms with Crippen molar-refractivity contribution < 1.29 is 4.39 Å². The quantitative estimate of drug-likeness (QED) is 0.833. The average Bonchev–Trinajstić information content (AvgIpc) is 2.17. The first-order chi connectivity index (χ1) is 7.50. The highest BCUT2D eigenvalue weighted by molar-refractivity contribution is 5.20. The maximum Gasteiger partial charge on any atom is 0.123 e. The molecule has 1 aromatic rings. The van der Waals surface area contributed by atoms with Crippen molar-refractivity contribution in [1.82, 2.24) is 4.90 Å². The fourth-order valence-electron chi connectivity index (χ4n) is 1.86. The van der Waals surface area contributed by atoms with E-state index in [1.54, 1.807) is 12.1 Å². The summed E-state index contributed by atoms with van der Waals surface area (Å²) in [7, 11) is 4.02. The molecule has 2 nitrogen and oxygen atoms in total. The van der Waals surface area contributed by atoms with Crippen molar-refractivity contribution in [2.24, 2.45) is 5.73 Å². The topological polar surface area (TPSA) is 29.3 Å². The normalized spacial score (nSPS) is 15.1. The molecule has 0 heterocycles. The molecule has 0 radical (unpaired) electrons. The Bertz CT molecular complexity index is 323. The van der Waals surface area contributed by atoms with E-state index in [1.807, 2.05) is 27.1 Å². The van der Waals surface area contributed by atoms with Crippen LogP contribution >= 0.6 is 0 Å². The van der Waals surface area contributed by atoms with Crippen LogP contribution in [0.5, 0.6) is 0 Å². The molecule has 0 spiro atoms. The first kappa shape index (κ1) is 13.1. The van der Waals surface area contributed by atoms with Gasteiger partial charge in [-0.05, 0) is 51.6 Å². The second-order valence-corrected chi connectivity index (χ2v) is 4.59. The molecule has 16 heavy (non-hydrogen) atoms. The van der Waals surface area contributed by atoms with Crippen molar-refractivity contribution in [1.29, 1.82) is 0 Å². The molecule has 0 saturated carbocycles. The lowest BCUT2D eigenvalue weighted by Gasteiger charge is -2.25. The van der Waals surface area contributed by atoms with Crippen molar-refractivity contribution in [3.05, 3.63) is 35.6 Å². The summed E-state index contributed by atoms with van der Waals surface area (Å²) in [6.45, 7) is 2.00. The maximum atomic E-state index is 13.1. The van der Waals surface area contributed by atoms with E-state index in [0.717, 1.165) is 18.4 Å². The van der Waals surface area contributed by atoms with E-state index < -0.39 is 0 Å². The molecule has 0 aliphatic rings. The van der Waals surface area contributed by atoms with Gasteiger partial charge in [0.1, 0.15) is 5.82 Å². The summed E-state index contributed by atoms with van der Waals surface area (Å²) in [6, 6.07) is 7.23. The zero-order chi connectivity index (χ0) is 12.1. The van der Waals surface area contributed by atoms with Crippen LogP contribution in [0.3, 0.4) is 0 Å². The van der Waals surface area contributed by atoms with E-state index in [2.05, 4.69) is 4.90 Å². The van der Waals surface area contributed by atoms with Gasteiger partial charge in [0.2, 0.25) is 0 Å². The summed E-state index contributed by atoms with van der Waals surface area (Å²) in [4.78, 5) is 2.11. The molecule has 0 amide bonds. The third-order valence-corrected chi connectivity index (χ3v) is 2.75. The molecular formula is C13H21FN2. The standard InChI is InChI=1S/C13H21FN2/c1-10(15)7-8-13(16(2)3)11-5-4-6-12(14)9-11/h4-6,9-10,13H,7-8,15H2,1-3H3. The number of nitrogens with two attached hydrogens (primary N) is 1. The molecular weight excluding hydrogens is 203 g/mol. The average molecular weight is 224 g/mol. The van der Waals surface area contributed by atoms with Crippen LogP contribution < -0.4 is 5.73 Å². The molecule has 0 aliphatic carbocycles. The first-order valence-corrected chi connectivity index (χ1v) is 5.68. The Morgan fingerprint density at radius 2 is 2.00 bits per heavy atom. The number of hydrogen-bond donors (Lipinski definition) is 1. The van der Waals surface area contributed by atoms with Gasteiger partial charge in [-0.15, -0.1) is 0 Å². The Hall–Kier alpha value is -0.930. The van der Waals surface area contributed by atoms with Crippen LogP contribution in [0.1, 0.15) is 31.4 Å². The lowest BCUT2D eigenvalue weighted by atomic mass is 9.99. The van der Waals surface area contributed by atoms with Crippen LogP contribution in [-0.4, -0.2) is 25.0 Å². The van der Waals surface area contributed by atoms with Crippen LogP contribution in [-0.2, 0) is 0 Å². The monoisotopic (exact) mass is 224 g/mol. The van der Waals surface area contributed by atoms with Gasteiger partial charge in [0.05, 0.1) is 0 Å². The second-order valence-electron chi connectivity index (χ2n) is 4.59. The Kier molecular flexibility index (Phi) is 4.90. The molecule has 2 atom stereocenters. The fourth-order valence-corrected chi connectivity index (χ4v) is 1.86. The van der Waals surface area contributed by atoms with Crippen LogP contribution in [0.4, 0.5) is 4.39 Å². The lowest BCUT2D eigenvalue weighted by molar-refractivity contribution is 0.274. The highest BCUT2D eigenvalue weighted by atomic mass is 19.1. The summed E-state index contributed by atoms with van der Waals surface area (Å²) in [6.07, 6.45) is 1.90. The molecule has 0 bridgehead atoms. The predicted molar refractivity (Wildman–Crippen MR) is 65.7 cm³/mol. The largest absolute Gasteiger partial charge is 0.328 e. The second kappa shape index (κ2) is 5.97. The summed E-state index contributed by atoms with van der Waals surface area (Å²) in [5.41, 5.74) is 6.78. The predicted octanol–water partition coefficient (Wildman–Crippen LogP) is 2.56. The van der Waals surface area contributed by atoms with Crippen molar-refractivity contribution in [3.8, 4) is 0 Å². The molecule has 0 aromatic heterocycles. The summed E-state index contributed by atoms with van der Waals surface area (Å²) in [5, 5.41) is 0. The summed E-state index contributed by atoms with van der Waals surface area (Å²) < 4.78 is 13.1. The van der Waals surface area contributed by atoms with Gasteiger partial charge in [-0.1, -0.05) is 12.1 Å². The Morgan fingerprint density at radius 1 is 1.31 bits per heavy atom. The molecule has 0 fully saturated rings. The van der Waals surface area contributed by atoms with E-state index in [4.69, 9.17) is 5.73 Å². The third kappa shape index (κ3) is 3.91. The maximum absolute atomic E-state index is 13.1. The van der Waals surface area contributed by atoms with Gasteiger partial charge in [-0.2, -0.15) is 0 Å². The van der Waals surface area contributed by atoms with Crippen molar-refractivity contribution in [2.75, 3.05) is 14.1 Å². The number of nitrogens with zero attached hydrogens (tertiary/aromatic N) is 1. The number of halogens is 1. The smallest absolute Gasteiger partial charge is 0.123 e. The summed E-state index contributed by atoms with van der Waals surface area (Å²) >= 11 is 0. The molecule has 0 saturated heterocycles. The van der Waals surface area contributed by atoms with Gasteiger partial charge in [0.25, 0.3) is 0 Å². The molecule has 90 valence electrons. The first-order valence-electron chi connectivity index (χ1n) is 5.68. The zero-order valence-electron chi connectivity index (χ0n) is 10.3. The van der Waals surface area contributed by atoms with Gasteiger partial charge >= 0.3 is 0 Å². The lowest BCUT2D eigenvalue weighted by Crippen LogP contribution is -2.23. The van der Waals surface area contributed by atoms with Crippen LogP contribution in [0.2, 0.25) is 0 Å². The van der Waals surface area contributed by atoms with Crippen molar-refractivity contribution in [3.63, 3.8) is 0 Å². The van der Waals surface area contributed by atoms with Gasteiger partial charge < -0.3 is 10.6 Å². The number of hydrogen-bond acceptors (Lipinski definition) is 2. The van der Waals surface area contributed by atoms with E-state index in [0.29, 0.717) is 0 Å². The molecule has 2 unspecified atom stereocenters. The van der Waals surface area contributed by atoms with E-state index in [9.17, 15) is 4.39 Å². The van der Waals surface area contributed by atoms with E-state index in [1.165, 1.54) is 6.07 Å². The van der Waals surface area contributed by atoms with Crippen LogP contribution in [0.25, 0.3) is 0 Å².